The highest BCUT2D eigenvalue weighted by atomic mass is 127. The maximum Gasteiger partial charge on any atom is 0.192 e. The monoisotopic (exact) mass is 441 g/mol. The standard InChI is InChI=1S/C17H20FN5.HI/c1-4-10-20-17(19-5-2)21-11-14-12-23(22-13(14)3)16-8-6-15(18)7-9-16;/h1,6-9,12H,5,10-11H2,2-3H3,(H2,19,20,21);1H. The molecule has 2 N–H and O–H groups in total. The van der Waals surface area contributed by atoms with Gasteiger partial charge in [0.05, 0.1) is 24.5 Å². The van der Waals surface area contributed by atoms with Crippen LogP contribution in [-0.4, -0.2) is 28.8 Å². The molecule has 0 amide bonds. The predicted molar refractivity (Wildman–Crippen MR) is 105 cm³/mol. The van der Waals surface area contributed by atoms with Gasteiger partial charge in [-0.3, -0.25) is 0 Å². The van der Waals surface area contributed by atoms with E-state index in [1.54, 1.807) is 16.8 Å². The molecule has 0 saturated heterocycles. The summed E-state index contributed by atoms with van der Waals surface area (Å²) in [6, 6.07) is 6.20. The summed E-state index contributed by atoms with van der Waals surface area (Å²) < 4.78 is 14.7. The van der Waals surface area contributed by atoms with E-state index in [1.807, 2.05) is 20.0 Å². The summed E-state index contributed by atoms with van der Waals surface area (Å²) in [6.07, 6.45) is 7.15. The highest BCUT2D eigenvalue weighted by molar-refractivity contribution is 14.0. The minimum atomic E-state index is -0.266. The molecule has 7 heteroatoms. The molecular formula is C17H21FIN5. The van der Waals surface area contributed by atoms with Gasteiger partial charge in [0.1, 0.15) is 5.82 Å². The summed E-state index contributed by atoms with van der Waals surface area (Å²) in [5, 5.41) is 10.6. The van der Waals surface area contributed by atoms with E-state index in [2.05, 4.69) is 26.6 Å². The van der Waals surface area contributed by atoms with Crippen LogP contribution in [-0.2, 0) is 6.54 Å². The number of aliphatic imine (C=N–C) groups is 1. The Morgan fingerprint density at radius 1 is 1.33 bits per heavy atom. The zero-order chi connectivity index (χ0) is 16.7. The largest absolute Gasteiger partial charge is 0.357 e. The molecule has 0 fully saturated rings. The summed E-state index contributed by atoms with van der Waals surface area (Å²) in [7, 11) is 0. The first-order chi connectivity index (χ1) is 11.1. The van der Waals surface area contributed by atoms with Gasteiger partial charge in [-0.2, -0.15) is 5.10 Å². The third kappa shape index (κ3) is 5.53. The van der Waals surface area contributed by atoms with Gasteiger partial charge < -0.3 is 10.6 Å². The molecule has 1 aromatic carbocycles. The van der Waals surface area contributed by atoms with Gasteiger partial charge in [-0.15, -0.1) is 30.4 Å². The SMILES string of the molecule is C#CCNC(=NCc1cn(-c2ccc(F)cc2)nc1C)NCC.I. The summed E-state index contributed by atoms with van der Waals surface area (Å²) in [6.45, 7) is 5.56. The highest BCUT2D eigenvalue weighted by Crippen LogP contribution is 2.13. The molecule has 0 unspecified atom stereocenters. The summed E-state index contributed by atoms with van der Waals surface area (Å²) in [5.41, 5.74) is 2.68. The number of terminal acetylenes is 1. The average molecular weight is 441 g/mol. The van der Waals surface area contributed by atoms with E-state index in [4.69, 9.17) is 6.42 Å². The van der Waals surface area contributed by atoms with E-state index < -0.39 is 0 Å². The maximum absolute atomic E-state index is 13.0. The lowest BCUT2D eigenvalue weighted by Gasteiger charge is -2.08. The topological polar surface area (TPSA) is 54.2 Å². The second-order valence-corrected chi connectivity index (χ2v) is 4.91. The van der Waals surface area contributed by atoms with E-state index in [0.29, 0.717) is 19.0 Å². The normalized spacial score (nSPS) is 10.7. The van der Waals surface area contributed by atoms with Gasteiger partial charge in [-0.1, -0.05) is 5.92 Å². The Balaban J connectivity index is 0.00000288. The number of aromatic nitrogens is 2. The minimum Gasteiger partial charge on any atom is -0.357 e. The number of rotatable bonds is 5. The first-order valence-corrected chi connectivity index (χ1v) is 7.40. The van der Waals surface area contributed by atoms with Gasteiger partial charge in [0, 0.05) is 18.3 Å². The Labute approximate surface area is 158 Å². The van der Waals surface area contributed by atoms with Crippen LogP contribution in [0.3, 0.4) is 0 Å². The number of nitrogens with zero attached hydrogens (tertiary/aromatic N) is 3. The molecule has 128 valence electrons. The Bertz CT molecular complexity index is 716. The van der Waals surface area contributed by atoms with Crippen molar-refractivity contribution in [3.8, 4) is 18.0 Å². The number of hydrogen-bond donors (Lipinski definition) is 2. The lowest BCUT2D eigenvalue weighted by Crippen LogP contribution is -2.37. The average Bonchev–Trinajstić information content (AvgIpc) is 2.92. The number of hydrogen-bond acceptors (Lipinski definition) is 2. The second kappa shape index (κ2) is 9.93. The number of guanidine groups is 1. The van der Waals surface area contributed by atoms with E-state index in [-0.39, 0.29) is 29.8 Å². The van der Waals surface area contributed by atoms with Crippen LogP contribution < -0.4 is 10.6 Å². The molecule has 0 atom stereocenters. The van der Waals surface area contributed by atoms with Crippen molar-refractivity contribution < 1.29 is 4.39 Å². The first-order valence-electron chi connectivity index (χ1n) is 7.40. The van der Waals surface area contributed by atoms with Crippen molar-refractivity contribution in [3.63, 3.8) is 0 Å². The first kappa shape index (κ1) is 20.0. The molecule has 1 heterocycles. The van der Waals surface area contributed by atoms with Crippen LogP contribution in [0.15, 0.2) is 35.5 Å². The van der Waals surface area contributed by atoms with Gasteiger partial charge in [0.25, 0.3) is 0 Å². The molecular weight excluding hydrogens is 420 g/mol. The zero-order valence-electron chi connectivity index (χ0n) is 13.7. The van der Waals surface area contributed by atoms with E-state index in [9.17, 15) is 4.39 Å². The zero-order valence-corrected chi connectivity index (χ0v) is 16.0. The minimum absolute atomic E-state index is 0. The molecule has 1 aromatic heterocycles. The molecule has 0 spiro atoms. The fourth-order valence-corrected chi connectivity index (χ4v) is 2.02. The summed E-state index contributed by atoms with van der Waals surface area (Å²) >= 11 is 0. The molecule has 0 radical (unpaired) electrons. The third-order valence-electron chi connectivity index (χ3n) is 3.20. The van der Waals surface area contributed by atoms with Crippen molar-refractivity contribution in [2.45, 2.75) is 20.4 Å². The number of aryl methyl sites for hydroxylation is 1. The van der Waals surface area contributed by atoms with Crippen molar-refractivity contribution in [1.82, 2.24) is 20.4 Å². The number of benzene rings is 1. The molecule has 0 aliphatic rings. The Morgan fingerprint density at radius 3 is 2.67 bits per heavy atom. The fourth-order valence-electron chi connectivity index (χ4n) is 2.02. The quantitative estimate of drug-likeness (QED) is 0.325. The van der Waals surface area contributed by atoms with Crippen LogP contribution >= 0.6 is 24.0 Å². The molecule has 0 aliphatic carbocycles. The lowest BCUT2D eigenvalue weighted by atomic mass is 10.2. The fraction of sp³-hybridized carbons (Fsp3) is 0.294. The molecule has 0 bridgehead atoms. The van der Waals surface area contributed by atoms with Gasteiger partial charge in [0.15, 0.2) is 5.96 Å². The lowest BCUT2D eigenvalue weighted by molar-refractivity contribution is 0.627. The molecule has 0 saturated carbocycles. The van der Waals surface area contributed by atoms with Crippen molar-refractivity contribution in [1.29, 1.82) is 0 Å². The highest BCUT2D eigenvalue weighted by Gasteiger charge is 2.06. The van der Waals surface area contributed by atoms with Crippen molar-refractivity contribution >= 4 is 29.9 Å². The molecule has 0 aliphatic heterocycles. The predicted octanol–water partition coefficient (Wildman–Crippen LogP) is 2.63. The van der Waals surface area contributed by atoms with E-state index in [1.165, 1.54) is 12.1 Å². The summed E-state index contributed by atoms with van der Waals surface area (Å²) in [5.74, 6) is 2.92. The van der Waals surface area contributed by atoms with E-state index in [0.717, 1.165) is 23.5 Å². The number of nitrogens with one attached hydrogen (secondary N) is 2. The van der Waals surface area contributed by atoms with Gasteiger partial charge in [-0.05, 0) is 38.1 Å². The molecule has 2 aromatic rings. The van der Waals surface area contributed by atoms with Gasteiger partial charge >= 0.3 is 0 Å². The van der Waals surface area contributed by atoms with Crippen LogP contribution in [0, 0.1) is 25.1 Å². The van der Waals surface area contributed by atoms with E-state index >= 15 is 0 Å². The Morgan fingerprint density at radius 2 is 2.04 bits per heavy atom. The van der Waals surface area contributed by atoms with Crippen LogP contribution in [0.25, 0.3) is 5.69 Å². The van der Waals surface area contributed by atoms with Crippen LogP contribution in [0.4, 0.5) is 4.39 Å². The van der Waals surface area contributed by atoms with Gasteiger partial charge in [-0.25, -0.2) is 14.1 Å². The molecule has 24 heavy (non-hydrogen) atoms. The second-order valence-electron chi connectivity index (χ2n) is 4.91. The molecule has 5 nitrogen and oxygen atoms in total. The summed E-state index contributed by atoms with van der Waals surface area (Å²) in [4.78, 5) is 4.49. The third-order valence-corrected chi connectivity index (χ3v) is 3.20. The Kier molecular flexibility index (Phi) is 8.26. The number of halogens is 2. The smallest absolute Gasteiger partial charge is 0.192 e. The van der Waals surface area contributed by atoms with Gasteiger partial charge in [0.2, 0.25) is 0 Å². The van der Waals surface area contributed by atoms with Crippen molar-refractivity contribution in [2.75, 3.05) is 13.1 Å². The molecule has 2 rings (SSSR count). The maximum atomic E-state index is 13.0. The van der Waals surface area contributed by atoms with Crippen molar-refractivity contribution in [3.05, 3.63) is 47.5 Å². The van der Waals surface area contributed by atoms with Crippen LogP contribution in [0.1, 0.15) is 18.2 Å². The van der Waals surface area contributed by atoms with Crippen LogP contribution in [0.5, 0.6) is 0 Å². The van der Waals surface area contributed by atoms with Crippen LogP contribution in [0.2, 0.25) is 0 Å². The van der Waals surface area contributed by atoms with Crippen molar-refractivity contribution in [2.24, 2.45) is 4.99 Å². The Hall–Kier alpha value is -2.08.